The second-order valence-corrected chi connectivity index (χ2v) is 10.9. The zero-order valence-corrected chi connectivity index (χ0v) is 22.8. The molecule has 0 fully saturated rings. The lowest BCUT2D eigenvalue weighted by Crippen LogP contribution is -1.93. The Balaban J connectivity index is 1.20. The lowest BCUT2D eigenvalue weighted by Gasteiger charge is -2.10. The Hall–Kier alpha value is -5.67. The third-order valence-corrected chi connectivity index (χ3v) is 8.62. The third kappa shape index (κ3) is 3.37. The SMILES string of the molecule is c1ccc(-n2c3ccccc3c3cc4c(ccc5c4ccn5-c4ccc(-c5cncc6ccccc56)cc4)cc32)cc1. The van der Waals surface area contributed by atoms with Crippen LogP contribution in [0.5, 0.6) is 0 Å². The molecular formula is C39H25N3. The van der Waals surface area contributed by atoms with Gasteiger partial charge in [-0.1, -0.05) is 78.9 Å². The van der Waals surface area contributed by atoms with Crippen LogP contribution >= 0.6 is 0 Å². The van der Waals surface area contributed by atoms with Gasteiger partial charge in [0.15, 0.2) is 0 Å². The Kier molecular flexibility index (Phi) is 4.90. The van der Waals surface area contributed by atoms with Gasteiger partial charge in [0.2, 0.25) is 0 Å². The van der Waals surface area contributed by atoms with E-state index < -0.39 is 0 Å². The molecular weight excluding hydrogens is 510 g/mol. The zero-order valence-electron chi connectivity index (χ0n) is 22.8. The molecule has 0 unspecified atom stereocenters. The van der Waals surface area contributed by atoms with Gasteiger partial charge in [-0.05, 0) is 76.3 Å². The maximum absolute atomic E-state index is 4.48. The molecule has 9 aromatic rings. The first-order valence-electron chi connectivity index (χ1n) is 14.3. The monoisotopic (exact) mass is 535 g/mol. The molecule has 0 aliphatic heterocycles. The molecule has 3 nitrogen and oxygen atoms in total. The first kappa shape index (κ1) is 23.1. The van der Waals surface area contributed by atoms with Crippen molar-refractivity contribution in [3.8, 4) is 22.5 Å². The summed E-state index contributed by atoms with van der Waals surface area (Å²) in [4.78, 5) is 4.48. The first-order chi connectivity index (χ1) is 20.8. The summed E-state index contributed by atoms with van der Waals surface area (Å²) >= 11 is 0. The number of hydrogen-bond acceptors (Lipinski definition) is 1. The first-order valence-corrected chi connectivity index (χ1v) is 14.3. The topological polar surface area (TPSA) is 22.8 Å². The van der Waals surface area contributed by atoms with Crippen molar-refractivity contribution in [2.24, 2.45) is 0 Å². The van der Waals surface area contributed by atoms with Crippen molar-refractivity contribution in [3.63, 3.8) is 0 Å². The number of pyridine rings is 1. The molecule has 3 heterocycles. The third-order valence-electron chi connectivity index (χ3n) is 8.62. The van der Waals surface area contributed by atoms with Crippen LogP contribution in [0.1, 0.15) is 0 Å². The molecule has 0 radical (unpaired) electrons. The summed E-state index contributed by atoms with van der Waals surface area (Å²) in [5.41, 5.74) is 8.30. The highest BCUT2D eigenvalue weighted by Crippen LogP contribution is 2.38. The Morgan fingerprint density at radius 2 is 1.19 bits per heavy atom. The molecule has 3 heteroatoms. The molecule has 9 rings (SSSR count). The van der Waals surface area contributed by atoms with Gasteiger partial charge in [0, 0.05) is 57.1 Å². The van der Waals surface area contributed by atoms with Gasteiger partial charge < -0.3 is 9.13 Å². The molecule has 0 atom stereocenters. The van der Waals surface area contributed by atoms with Crippen LogP contribution in [0.25, 0.3) is 76.8 Å². The predicted molar refractivity (Wildman–Crippen MR) is 176 cm³/mol. The van der Waals surface area contributed by atoms with Crippen LogP contribution in [0.15, 0.2) is 152 Å². The summed E-state index contributed by atoms with van der Waals surface area (Å²) in [5, 5.41) is 8.69. The minimum atomic E-state index is 1.14. The van der Waals surface area contributed by atoms with Crippen molar-refractivity contribution < 1.29 is 0 Å². The van der Waals surface area contributed by atoms with Gasteiger partial charge in [-0.25, -0.2) is 0 Å². The van der Waals surface area contributed by atoms with E-state index in [9.17, 15) is 0 Å². The predicted octanol–water partition coefficient (Wildman–Crippen LogP) is 10.1. The summed E-state index contributed by atoms with van der Waals surface area (Å²) in [6.45, 7) is 0. The highest BCUT2D eigenvalue weighted by molar-refractivity contribution is 6.18. The van der Waals surface area contributed by atoms with Crippen molar-refractivity contribution in [2.75, 3.05) is 0 Å². The Morgan fingerprint density at radius 1 is 0.429 bits per heavy atom. The molecule has 0 amide bonds. The minimum absolute atomic E-state index is 1.14. The van der Waals surface area contributed by atoms with Gasteiger partial charge in [0.05, 0.1) is 16.6 Å². The van der Waals surface area contributed by atoms with Crippen LogP contribution in [-0.2, 0) is 0 Å². The van der Waals surface area contributed by atoms with Crippen LogP contribution in [0.2, 0.25) is 0 Å². The van der Waals surface area contributed by atoms with Crippen LogP contribution < -0.4 is 0 Å². The van der Waals surface area contributed by atoms with Gasteiger partial charge in [-0.15, -0.1) is 0 Å². The summed E-state index contributed by atoms with van der Waals surface area (Å²) in [5.74, 6) is 0. The fraction of sp³-hybridized carbons (Fsp3) is 0. The van der Waals surface area contributed by atoms with Crippen molar-refractivity contribution in [2.45, 2.75) is 0 Å². The largest absolute Gasteiger partial charge is 0.317 e. The van der Waals surface area contributed by atoms with Crippen molar-refractivity contribution in [1.29, 1.82) is 0 Å². The molecule has 0 spiro atoms. The number of fused-ring (bicyclic) bond motifs is 7. The summed E-state index contributed by atoms with van der Waals surface area (Å²) in [7, 11) is 0. The lowest BCUT2D eigenvalue weighted by molar-refractivity contribution is 1.13. The second-order valence-electron chi connectivity index (χ2n) is 10.9. The number of aromatic nitrogens is 3. The van der Waals surface area contributed by atoms with E-state index in [-0.39, 0.29) is 0 Å². The lowest BCUT2D eigenvalue weighted by atomic mass is 10.0. The normalized spacial score (nSPS) is 11.8. The Morgan fingerprint density at radius 3 is 2.07 bits per heavy atom. The van der Waals surface area contributed by atoms with E-state index in [1.54, 1.807) is 0 Å². The van der Waals surface area contributed by atoms with Gasteiger partial charge >= 0.3 is 0 Å². The Bertz CT molecular complexity index is 2440. The molecule has 0 saturated carbocycles. The molecule has 42 heavy (non-hydrogen) atoms. The van der Waals surface area contributed by atoms with E-state index in [0.29, 0.717) is 0 Å². The molecule has 196 valence electrons. The van der Waals surface area contributed by atoms with Gasteiger partial charge in [0.1, 0.15) is 0 Å². The number of para-hydroxylation sites is 2. The maximum Gasteiger partial charge on any atom is 0.0547 e. The number of benzene rings is 6. The smallest absolute Gasteiger partial charge is 0.0547 e. The molecule has 0 bridgehead atoms. The van der Waals surface area contributed by atoms with Crippen molar-refractivity contribution in [1.82, 2.24) is 14.1 Å². The molecule has 0 aliphatic carbocycles. The van der Waals surface area contributed by atoms with E-state index in [1.165, 1.54) is 60.1 Å². The highest BCUT2D eigenvalue weighted by atomic mass is 15.0. The summed E-state index contributed by atoms with van der Waals surface area (Å²) < 4.78 is 4.67. The van der Waals surface area contributed by atoms with Crippen LogP contribution in [0.4, 0.5) is 0 Å². The summed E-state index contributed by atoms with van der Waals surface area (Å²) in [6.07, 6.45) is 6.08. The number of hydrogen-bond donors (Lipinski definition) is 0. The van der Waals surface area contributed by atoms with E-state index >= 15 is 0 Å². The molecule has 0 saturated heterocycles. The maximum atomic E-state index is 4.48. The van der Waals surface area contributed by atoms with E-state index in [4.69, 9.17) is 0 Å². The molecule has 3 aromatic heterocycles. The quantitative estimate of drug-likeness (QED) is 0.221. The van der Waals surface area contributed by atoms with E-state index in [1.807, 2.05) is 12.4 Å². The number of nitrogens with zero attached hydrogens (tertiary/aromatic N) is 3. The van der Waals surface area contributed by atoms with Crippen molar-refractivity contribution >= 4 is 54.3 Å². The zero-order chi connectivity index (χ0) is 27.6. The standard InChI is InChI=1S/C39H25N3/c1-2-9-30(10-3-1)42-38-13-7-6-12-32(38)35-23-34-27(22-39(35)42)16-19-37-33(34)20-21-41(37)29-17-14-26(15-18-29)36-25-40-24-28-8-4-5-11-31(28)36/h1-25H. The fourth-order valence-electron chi connectivity index (χ4n) is 6.64. The van der Waals surface area contributed by atoms with Crippen molar-refractivity contribution in [3.05, 3.63) is 152 Å². The van der Waals surface area contributed by atoms with Crippen LogP contribution in [-0.4, -0.2) is 14.1 Å². The minimum Gasteiger partial charge on any atom is -0.317 e. The fourth-order valence-corrected chi connectivity index (χ4v) is 6.64. The van der Waals surface area contributed by atoms with Gasteiger partial charge in [0.25, 0.3) is 0 Å². The second kappa shape index (κ2) is 8.92. The van der Waals surface area contributed by atoms with E-state index in [2.05, 4.69) is 154 Å². The van der Waals surface area contributed by atoms with Crippen LogP contribution in [0.3, 0.4) is 0 Å². The molecule has 0 N–H and O–H groups in total. The van der Waals surface area contributed by atoms with Crippen LogP contribution in [0, 0.1) is 0 Å². The van der Waals surface area contributed by atoms with E-state index in [0.717, 1.165) is 16.6 Å². The highest BCUT2D eigenvalue weighted by Gasteiger charge is 2.15. The molecule has 6 aromatic carbocycles. The van der Waals surface area contributed by atoms with Gasteiger partial charge in [-0.2, -0.15) is 0 Å². The Labute approximate surface area is 242 Å². The average Bonchev–Trinajstić information content (AvgIpc) is 3.63. The molecule has 0 aliphatic rings. The van der Waals surface area contributed by atoms with Gasteiger partial charge in [-0.3, -0.25) is 4.98 Å². The number of rotatable bonds is 3. The average molecular weight is 536 g/mol. The summed E-state index contributed by atoms with van der Waals surface area (Å²) in [6, 6.07) is 48.1.